The summed E-state index contributed by atoms with van der Waals surface area (Å²) in [6, 6.07) is 0. The first-order chi connectivity index (χ1) is 8.15. The predicted octanol–water partition coefficient (Wildman–Crippen LogP) is 1.22. The molecule has 17 heavy (non-hydrogen) atoms. The molecule has 1 aliphatic rings. The van der Waals surface area contributed by atoms with Crippen molar-refractivity contribution in [3.63, 3.8) is 0 Å². The van der Waals surface area contributed by atoms with Gasteiger partial charge in [0.2, 0.25) is 5.89 Å². The highest BCUT2D eigenvalue weighted by atomic mass is 16.5. The van der Waals surface area contributed by atoms with Gasteiger partial charge in [0.15, 0.2) is 5.82 Å². The van der Waals surface area contributed by atoms with Crippen LogP contribution < -0.4 is 0 Å². The SMILES string of the molecule is CN(C)Cc1noc(CC2CCCCC2O)n1. The molecule has 1 aliphatic carbocycles. The van der Waals surface area contributed by atoms with E-state index in [0.717, 1.165) is 25.1 Å². The van der Waals surface area contributed by atoms with Crippen LogP contribution in [-0.4, -0.2) is 40.3 Å². The van der Waals surface area contributed by atoms with E-state index in [1.807, 2.05) is 19.0 Å². The molecule has 1 saturated carbocycles. The molecule has 5 nitrogen and oxygen atoms in total. The average Bonchev–Trinajstić information content (AvgIpc) is 2.68. The van der Waals surface area contributed by atoms with Gasteiger partial charge < -0.3 is 14.5 Å². The first-order valence-electron chi connectivity index (χ1n) is 6.29. The van der Waals surface area contributed by atoms with Crippen LogP contribution in [-0.2, 0) is 13.0 Å². The molecule has 1 fully saturated rings. The number of hydrogen-bond donors (Lipinski definition) is 1. The van der Waals surface area contributed by atoms with Crippen molar-refractivity contribution in [3.8, 4) is 0 Å². The molecule has 0 aromatic carbocycles. The summed E-state index contributed by atoms with van der Waals surface area (Å²) in [6.45, 7) is 0.691. The zero-order valence-electron chi connectivity index (χ0n) is 10.6. The molecule has 0 amide bonds. The van der Waals surface area contributed by atoms with Crippen LogP contribution in [0, 0.1) is 5.92 Å². The molecule has 0 aliphatic heterocycles. The summed E-state index contributed by atoms with van der Waals surface area (Å²) in [4.78, 5) is 6.35. The topological polar surface area (TPSA) is 62.4 Å². The number of rotatable bonds is 4. The first kappa shape index (κ1) is 12.5. The van der Waals surface area contributed by atoms with Gasteiger partial charge in [-0.2, -0.15) is 4.98 Å². The van der Waals surface area contributed by atoms with Gasteiger partial charge in [-0.15, -0.1) is 0 Å². The summed E-state index contributed by atoms with van der Waals surface area (Å²) in [5, 5.41) is 13.8. The van der Waals surface area contributed by atoms with Crippen LogP contribution in [0.3, 0.4) is 0 Å². The van der Waals surface area contributed by atoms with Crippen molar-refractivity contribution < 1.29 is 9.63 Å². The van der Waals surface area contributed by atoms with Gasteiger partial charge in [-0.1, -0.05) is 18.0 Å². The number of aliphatic hydroxyl groups is 1. The molecule has 5 heteroatoms. The fourth-order valence-corrected chi connectivity index (χ4v) is 2.37. The monoisotopic (exact) mass is 239 g/mol. The van der Waals surface area contributed by atoms with Gasteiger partial charge in [-0.05, 0) is 32.9 Å². The Morgan fingerprint density at radius 3 is 2.82 bits per heavy atom. The molecule has 0 bridgehead atoms. The summed E-state index contributed by atoms with van der Waals surface area (Å²) in [5.74, 6) is 1.67. The Bertz CT molecular complexity index is 351. The summed E-state index contributed by atoms with van der Waals surface area (Å²) < 4.78 is 5.22. The van der Waals surface area contributed by atoms with Crippen molar-refractivity contribution in [2.45, 2.75) is 44.8 Å². The Balaban J connectivity index is 1.91. The van der Waals surface area contributed by atoms with Crippen LogP contribution in [0.25, 0.3) is 0 Å². The second-order valence-electron chi connectivity index (χ2n) is 5.16. The molecule has 2 atom stereocenters. The largest absolute Gasteiger partial charge is 0.393 e. The Kier molecular flexibility index (Phi) is 4.12. The highest BCUT2D eigenvalue weighted by Gasteiger charge is 2.25. The van der Waals surface area contributed by atoms with E-state index in [1.54, 1.807) is 0 Å². The van der Waals surface area contributed by atoms with Gasteiger partial charge in [0.25, 0.3) is 0 Å². The van der Waals surface area contributed by atoms with Crippen molar-refractivity contribution in [3.05, 3.63) is 11.7 Å². The molecule has 2 rings (SSSR count). The van der Waals surface area contributed by atoms with E-state index in [-0.39, 0.29) is 12.0 Å². The Morgan fingerprint density at radius 1 is 1.35 bits per heavy atom. The molecule has 1 aromatic rings. The Morgan fingerprint density at radius 2 is 2.12 bits per heavy atom. The zero-order valence-corrected chi connectivity index (χ0v) is 10.6. The van der Waals surface area contributed by atoms with E-state index in [0.29, 0.717) is 18.9 Å². The quantitative estimate of drug-likeness (QED) is 0.856. The van der Waals surface area contributed by atoms with Crippen LogP contribution in [0.15, 0.2) is 4.52 Å². The van der Waals surface area contributed by atoms with Crippen molar-refractivity contribution in [1.29, 1.82) is 0 Å². The van der Waals surface area contributed by atoms with Gasteiger partial charge in [0.05, 0.1) is 12.6 Å². The maximum Gasteiger partial charge on any atom is 0.227 e. The molecule has 1 N–H and O–H groups in total. The second-order valence-corrected chi connectivity index (χ2v) is 5.16. The van der Waals surface area contributed by atoms with Crippen LogP contribution >= 0.6 is 0 Å². The lowest BCUT2D eigenvalue weighted by Crippen LogP contribution is -2.26. The minimum atomic E-state index is -0.201. The second kappa shape index (κ2) is 5.60. The van der Waals surface area contributed by atoms with Crippen molar-refractivity contribution >= 4 is 0 Å². The summed E-state index contributed by atoms with van der Waals surface area (Å²) in [7, 11) is 3.95. The van der Waals surface area contributed by atoms with E-state index < -0.39 is 0 Å². The standard InChI is InChI=1S/C12H21N3O2/c1-15(2)8-11-13-12(17-14-11)7-9-5-3-4-6-10(9)16/h9-10,16H,3-8H2,1-2H3. The van der Waals surface area contributed by atoms with Crippen molar-refractivity contribution in [2.24, 2.45) is 5.92 Å². The lowest BCUT2D eigenvalue weighted by Gasteiger charge is -2.26. The van der Waals surface area contributed by atoms with E-state index in [2.05, 4.69) is 10.1 Å². The predicted molar refractivity (Wildman–Crippen MR) is 63.4 cm³/mol. The summed E-state index contributed by atoms with van der Waals surface area (Å²) in [5.41, 5.74) is 0. The Labute approximate surface area is 102 Å². The van der Waals surface area contributed by atoms with Gasteiger partial charge in [0.1, 0.15) is 0 Å². The highest BCUT2D eigenvalue weighted by molar-refractivity contribution is 4.90. The number of aromatic nitrogens is 2. The Hall–Kier alpha value is -0.940. The van der Waals surface area contributed by atoms with E-state index in [9.17, 15) is 5.11 Å². The van der Waals surface area contributed by atoms with Crippen LogP contribution in [0.2, 0.25) is 0 Å². The number of aliphatic hydroxyl groups excluding tert-OH is 1. The maximum absolute atomic E-state index is 9.88. The fraction of sp³-hybridized carbons (Fsp3) is 0.833. The maximum atomic E-state index is 9.88. The van der Waals surface area contributed by atoms with Gasteiger partial charge in [-0.3, -0.25) is 0 Å². The lowest BCUT2D eigenvalue weighted by molar-refractivity contribution is 0.0657. The molecule has 96 valence electrons. The smallest absolute Gasteiger partial charge is 0.227 e. The minimum absolute atomic E-state index is 0.201. The van der Waals surface area contributed by atoms with Crippen LogP contribution in [0.4, 0.5) is 0 Å². The molecular weight excluding hydrogens is 218 g/mol. The van der Waals surface area contributed by atoms with E-state index in [1.165, 1.54) is 6.42 Å². The molecule has 0 saturated heterocycles. The summed E-state index contributed by atoms with van der Waals surface area (Å²) in [6.07, 6.45) is 4.80. The van der Waals surface area contributed by atoms with Gasteiger partial charge >= 0.3 is 0 Å². The normalized spacial score (nSPS) is 25.4. The first-order valence-corrected chi connectivity index (χ1v) is 6.29. The van der Waals surface area contributed by atoms with Crippen molar-refractivity contribution in [1.82, 2.24) is 15.0 Å². The number of nitrogens with zero attached hydrogens (tertiary/aromatic N) is 3. The lowest BCUT2D eigenvalue weighted by atomic mass is 9.84. The molecular formula is C12H21N3O2. The number of hydrogen-bond acceptors (Lipinski definition) is 5. The third-order valence-electron chi connectivity index (χ3n) is 3.27. The third-order valence-corrected chi connectivity index (χ3v) is 3.27. The van der Waals surface area contributed by atoms with Crippen LogP contribution in [0.5, 0.6) is 0 Å². The van der Waals surface area contributed by atoms with Crippen molar-refractivity contribution in [2.75, 3.05) is 14.1 Å². The average molecular weight is 239 g/mol. The molecule has 1 aromatic heterocycles. The van der Waals surface area contributed by atoms with E-state index in [4.69, 9.17) is 4.52 Å². The van der Waals surface area contributed by atoms with Gasteiger partial charge in [-0.25, -0.2) is 0 Å². The molecule has 0 spiro atoms. The van der Waals surface area contributed by atoms with Crippen LogP contribution in [0.1, 0.15) is 37.4 Å². The fourth-order valence-electron chi connectivity index (χ4n) is 2.37. The highest BCUT2D eigenvalue weighted by Crippen LogP contribution is 2.26. The third kappa shape index (κ3) is 3.51. The molecule has 1 heterocycles. The summed E-state index contributed by atoms with van der Waals surface area (Å²) >= 11 is 0. The van der Waals surface area contributed by atoms with Gasteiger partial charge in [0, 0.05) is 6.42 Å². The zero-order chi connectivity index (χ0) is 12.3. The van der Waals surface area contributed by atoms with E-state index >= 15 is 0 Å². The minimum Gasteiger partial charge on any atom is -0.393 e. The molecule has 2 unspecified atom stereocenters. The molecule has 0 radical (unpaired) electrons.